The number of carbonyl (C=O) groups is 1. The first-order chi connectivity index (χ1) is 8.49. The Hall–Kier alpha value is -1.22. The van der Waals surface area contributed by atoms with E-state index in [0.717, 1.165) is 30.8 Å². The zero-order chi connectivity index (χ0) is 13.3. The average molecular weight is 246 g/mol. The van der Waals surface area contributed by atoms with Gasteiger partial charge in [-0.3, -0.25) is 14.7 Å². The fraction of sp³-hybridized carbons (Fsp3) is 0.600. The first-order valence-corrected chi connectivity index (χ1v) is 6.75. The summed E-state index contributed by atoms with van der Waals surface area (Å²) < 4.78 is 0. The summed E-state index contributed by atoms with van der Waals surface area (Å²) in [4.78, 5) is 18.9. The van der Waals surface area contributed by atoms with E-state index >= 15 is 0 Å². The Balaban J connectivity index is 2.23. The lowest BCUT2D eigenvalue weighted by molar-refractivity contribution is 0.0938. The molecule has 1 aromatic heterocycles. The monoisotopic (exact) mass is 246 g/mol. The molecule has 3 nitrogen and oxygen atoms in total. The third-order valence-electron chi connectivity index (χ3n) is 3.62. The van der Waals surface area contributed by atoms with Crippen molar-refractivity contribution in [1.29, 1.82) is 0 Å². The highest BCUT2D eigenvalue weighted by atomic mass is 16.1. The quantitative estimate of drug-likeness (QED) is 0.769. The van der Waals surface area contributed by atoms with E-state index in [1.54, 1.807) is 6.20 Å². The van der Waals surface area contributed by atoms with Gasteiger partial charge in [-0.2, -0.15) is 0 Å². The van der Waals surface area contributed by atoms with Crippen molar-refractivity contribution >= 4 is 5.78 Å². The number of hydrogen-bond acceptors (Lipinski definition) is 3. The number of hydrogen-bond donors (Lipinski definition) is 0. The number of nitrogens with zero attached hydrogens (tertiary/aromatic N) is 2. The van der Waals surface area contributed by atoms with Crippen molar-refractivity contribution in [3.05, 3.63) is 29.1 Å². The van der Waals surface area contributed by atoms with E-state index < -0.39 is 0 Å². The lowest BCUT2D eigenvalue weighted by Gasteiger charge is -2.31. The Labute approximate surface area is 109 Å². The maximum atomic E-state index is 12.0. The Morgan fingerprint density at radius 3 is 2.67 bits per heavy atom. The molecule has 0 saturated heterocycles. The molecule has 2 heterocycles. The third-order valence-corrected chi connectivity index (χ3v) is 3.62. The second kappa shape index (κ2) is 5.19. The van der Waals surface area contributed by atoms with Crippen LogP contribution in [0.2, 0.25) is 0 Å². The summed E-state index contributed by atoms with van der Waals surface area (Å²) in [5.74, 6) is 0.234. The zero-order valence-corrected chi connectivity index (χ0v) is 11.7. The van der Waals surface area contributed by atoms with Gasteiger partial charge in [-0.05, 0) is 31.9 Å². The summed E-state index contributed by atoms with van der Waals surface area (Å²) in [6.07, 6.45) is 2.74. The molecular formula is C15H22N2O. The van der Waals surface area contributed by atoms with Gasteiger partial charge in [-0.15, -0.1) is 0 Å². The molecule has 1 aliphatic rings. The Morgan fingerprint density at radius 2 is 2.06 bits per heavy atom. The number of carbonyl (C=O) groups excluding carboxylic acids is 1. The molecule has 2 rings (SSSR count). The maximum absolute atomic E-state index is 12.0. The molecule has 0 fully saturated rings. The lowest BCUT2D eigenvalue weighted by atomic mass is 9.97. The molecular weight excluding hydrogens is 224 g/mol. The summed E-state index contributed by atoms with van der Waals surface area (Å²) in [6, 6.07) is 2.60. The second-order valence-corrected chi connectivity index (χ2v) is 5.66. The van der Waals surface area contributed by atoms with Crippen LogP contribution >= 0.6 is 0 Å². The summed E-state index contributed by atoms with van der Waals surface area (Å²) >= 11 is 0. The van der Waals surface area contributed by atoms with Gasteiger partial charge in [0.25, 0.3) is 0 Å². The minimum absolute atomic E-state index is 0.0422. The molecule has 3 heteroatoms. The highest BCUT2D eigenvalue weighted by Crippen LogP contribution is 2.20. The maximum Gasteiger partial charge on any atom is 0.166 e. The number of ketones is 1. The van der Waals surface area contributed by atoms with Crippen molar-refractivity contribution in [3.63, 3.8) is 0 Å². The predicted octanol–water partition coefficient (Wildman–Crippen LogP) is 2.69. The Morgan fingerprint density at radius 1 is 1.33 bits per heavy atom. The topological polar surface area (TPSA) is 33.2 Å². The van der Waals surface area contributed by atoms with Gasteiger partial charge in [0, 0.05) is 36.8 Å². The Bertz CT molecular complexity index is 452. The normalized spacial score (nSPS) is 16.1. The molecule has 1 aliphatic heterocycles. The zero-order valence-electron chi connectivity index (χ0n) is 11.7. The van der Waals surface area contributed by atoms with Crippen LogP contribution in [0.5, 0.6) is 0 Å². The van der Waals surface area contributed by atoms with E-state index in [4.69, 9.17) is 0 Å². The molecule has 0 aliphatic carbocycles. The first kappa shape index (κ1) is 13.2. The van der Waals surface area contributed by atoms with Crippen LogP contribution in [-0.2, 0) is 13.0 Å². The van der Waals surface area contributed by atoms with Gasteiger partial charge in [0.15, 0.2) is 5.78 Å². The number of rotatable bonds is 3. The number of aromatic nitrogens is 1. The average Bonchev–Trinajstić information content (AvgIpc) is 2.36. The molecule has 0 N–H and O–H groups in total. The standard InChI is InChI=1S/C15H22N2O/c1-10(2)15(18)13-7-12-5-6-17(11(3)4)9-14(12)16-8-13/h7-8,10-11H,5-6,9H2,1-4H3. The van der Waals surface area contributed by atoms with E-state index in [2.05, 4.69) is 23.7 Å². The minimum atomic E-state index is 0.0422. The molecule has 98 valence electrons. The smallest absolute Gasteiger partial charge is 0.166 e. The van der Waals surface area contributed by atoms with Crippen molar-refractivity contribution in [2.24, 2.45) is 5.92 Å². The molecule has 18 heavy (non-hydrogen) atoms. The Kier molecular flexibility index (Phi) is 3.81. The molecule has 0 spiro atoms. The van der Waals surface area contributed by atoms with Gasteiger partial charge in [0.2, 0.25) is 0 Å². The van der Waals surface area contributed by atoms with Crippen LogP contribution in [-0.4, -0.2) is 28.3 Å². The van der Waals surface area contributed by atoms with E-state index in [9.17, 15) is 4.79 Å². The molecule has 0 atom stereocenters. The van der Waals surface area contributed by atoms with Crippen molar-refractivity contribution in [2.75, 3.05) is 6.54 Å². The van der Waals surface area contributed by atoms with Gasteiger partial charge in [-0.25, -0.2) is 0 Å². The first-order valence-electron chi connectivity index (χ1n) is 6.75. The molecule has 1 aromatic rings. The van der Waals surface area contributed by atoms with Crippen LogP contribution in [0.1, 0.15) is 49.3 Å². The fourth-order valence-electron chi connectivity index (χ4n) is 2.34. The number of fused-ring (bicyclic) bond motifs is 1. The predicted molar refractivity (Wildman–Crippen MR) is 72.7 cm³/mol. The minimum Gasteiger partial charge on any atom is -0.295 e. The van der Waals surface area contributed by atoms with Gasteiger partial charge < -0.3 is 0 Å². The highest BCUT2D eigenvalue weighted by molar-refractivity contribution is 5.97. The van der Waals surface area contributed by atoms with Gasteiger partial charge in [0.1, 0.15) is 0 Å². The molecule has 0 saturated carbocycles. The van der Waals surface area contributed by atoms with Crippen LogP contribution in [0.4, 0.5) is 0 Å². The van der Waals surface area contributed by atoms with Crippen LogP contribution in [0.25, 0.3) is 0 Å². The van der Waals surface area contributed by atoms with Crippen molar-refractivity contribution in [2.45, 2.75) is 46.7 Å². The van der Waals surface area contributed by atoms with Crippen molar-refractivity contribution in [1.82, 2.24) is 9.88 Å². The summed E-state index contributed by atoms with van der Waals surface area (Å²) in [7, 11) is 0. The fourth-order valence-corrected chi connectivity index (χ4v) is 2.34. The molecule has 0 radical (unpaired) electrons. The van der Waals surface area contributed by atoms with Crippen LogP contribution < -0.4 is 0 Å². The van der Waals surface area contributed by atoms with Crippen LogP contribution in [0, 0.1) is 5.92 Å². The number of pyridine rings is 1. The van der Waals surface area contributed by atoms with E-state index in [1.807, 2.05) is 19.9 Å². The third kappa shape index (κ3) is 2.61. The SMILES string of the molecule is CC(C)C(=O)c1cnc2c(c1)CCN(C(C)C)C2. The van der Waals surface area contributed by atoms with Gasteiger partial charge in [-0.1, -0.05) is 13.8 Å². The summed E-state index contributed by atoms with van der Waals surface area (Å²) in [6.45, 7) is 10.3. The van der Waals surface area contributed by atoms with E-state index in [0.29, 0.717) is 6.04 Å². The van der Waals surface area contributed by atoms with Gasteiger partial charge >= 0.3 is 0 Å². The molecule has 0 unspecified atom stereocenters. The molecule has 0 bridgehead atoms. The van der Waals surface area contributed by atoms with Crippen molar-refractivity contribution in [3.8, 4) is 0 Å². The summed E-state index contributed by atoms with van der Waals surface area (Å²) in [5, 5.41) is 0. The second-order valence-electron chi connectivity index (χ2n) is 5.66. The largest absolute Gasteiger partial charge is 0.295 e. The number of Topliss-reactive ketones (excluding diaryl/α,β-unsaturated/α-hetero) is 1. The van der Waals surface area contributed by atoms with Crippen molar-refractivity contribution < 1.29 is 4.79 Å². The molecule has 0 aromatic carbocycles. The van der Waals surface area contributed by atoms with Crippen LogP contribution in [0.3, 0.4) is 0 Å². The van der Waals surface area contributed by atoms with E-state index in [1.165, 1.54) is 5.56 Å². The van der Waals surface area contributed by atoms with Crippen LogP contribution in [0.15, 0.2) is 12.3 Å². The lowest BCUT2D eigenvalue weighted by Crippen LogP contribution is -2.36. The van der Waals surface area contributed by atoms with E-state index in [-0.39, 0.29) is 11.7 Å². The molecule has 0 amide bonds. The summed E-state index contributed by atoms with van der Waals surface area (Å²) in [5.41, 5.74) is 3.15. The highest BCUT2D eigenvalue weighted by Gasteiger charge is 2.21. The van der Waals surface area contributed by atoms with Gasteiger partial charge in [0.05, 0.1) is 5.69 Å².